The minimum absolute atomic E-state index is 0. The first kappa shape index (κ1) is 13.8. The van der Waals surface area contributed by atoms with E-state index in [0.29, 0.717) is 5.75 Å². The van der Waals surface area contributed by atoms with Crippen LogP contribution in [0.4, 0.5) is 4.79 Å². The molecule has 0 saturated heterocycles. The predicted octanol–water partition coefficient (Wildman–Crippen LogP) is 2.48. The van der Waals surface area contributed by atoms with E-state index in [1.807, 2.05) is 19.1 Å². The van der Waals surface area contributed by atoms with E-state index in [9.17, 15) is 4.79 Å². The molecule has 0 radical (unpaired) electrons. The van der Waals surface area contributed by atoms with Crippen LogP contribution in [-0.2, 0) is 19.5 Å². The summed E-state index contributed by atoms with van der Waals surface area (Å²) < 4.78 is 5.64. The van der Waals surface area contributed by atoms with Gasteiger partial charge < -0.3 is 4.74 Å². The maximum Gasteiger partial charge on any atom is 0.435 e. The van der Waals surface area contributed by atoms with Crippen molar-refractivity contribution in [1.29, 1.82) is 0 Å². The maximum absolute atomic E-state index is 10.9. The van der Waals surface area contributed by atoms with Crippen LogP contribution in [0, 0.1) is 6.92 Å². The van der Waals surface area contributed by atoms with E-state index >= 15 is 0 Å². The number of amides is 1. The van der Waals surface area contributed by atoms with Crippen molar-refractivity contribution in [2.45, 2.75) is 6.92 Å². The average Bonchev–Trinajstić information content (AvgIpc) is 2.08. The predicted molar refractivity (Wildman–Crippen MR) is 57.0 cm³/mol. The van der Waals surface area contributed by atoms with Crippen LogP contribution in [0.15, 0.2) is 24.3 Å². The van der Waals surface area contributed by atoms with E-state index in [0.717, 1.165) is 9.27 Å². The molecule has 0 saturated carbocycles. The van der Waals surface area contributed by atoms with Gasteiger partial charge in [-0.25, -0.2) is 4.79 Å². The Kier molecular flexibility index (Phi) is 6.24. The molecule has 0 aliphatic rings. The Balaban J connectivity index is 0.00000169. The molecule has 0 aromatic heterocycles. The van der Waals surface area contributed by atoms with E-state index in [4.69, 9.17) is 4.74 Å². The first-order chi connectivity index (χ1) is 6.09. The van der Waals surface area contributed by atoms with Gasteiger partial charge in [-0.3, -0.25) is 0 Å². The molecule has 72 valence electrons. The number of nitrogens with zero attached hydrogens (tertiary/aromatic N) is 1. The quantitative estimate of drug-likeness (QED) is 0.611. The minimum Gasteiger partial charge on any atom is -0.409 e. The molecule has 1 aromatic carbocycles. The number of aryl methyl sites for hydroxylation is 1. The molecule has 0 aliphatic heterocycles. The summed E-state index contributed by atoms with van der Waals surface area (Å²) in [4.78, 5) is 10.9. The van der Waals surface area contributed by atoms with Gasteiger partial charge in [0, 0.05) is 19.5 Å². The molecular weight excluding hydrogens is 272 g/mol. The van der Waals surface area contributed by atoms with Gasteiger partial charge in [-0.1, -0.05) is 17.7 Å². The van der Waals surface area contributed by atoms with Crippen molar-refractivity contribution in [3.05, 3.63) is 29.8 Å². The van der Waals surface area contributed by atoms with Crippen LogP contribution in [0.3, 0.4) is 0 Å². The van der Waals surface area contributed by atoms with Crippen LogP contribution < -0.4 is 4.74 Å². The molecule has 0 fully saturated rings. The Morgan fingerprint density at radius 2 is 1.79 bits per heavy atom. The van der Waals surface area contributed by atoms with E-state index in [2.05, 4.69) is 25.6 Å². The Bertz CT molecular complexity index is 303. The Labute approximate surface area is 107 Å². The van der Waals surface area contributed by atoms with Gasteiger partial charge in [0.25, 0.3) is 0 Å². The molecule has 1 amide bonds. The standard InChI is InChI=1S/C8H9NO2S2.Zn/c1-6-2-4-7(5-3-6)11-8(10)9(12)13;/h2-5,12-13H,1H3;. The van der Waals surface area contributed by atoms with Crippen LogP contribution in [0.25, 0.3) is 0 Å². The van der Waals surface area contributed by atoms with Crippen molar-refractivity contribution in [3.63, 3.8) is 0 Å². The van der Waals surface area contributed by atoms with E-state index in [1.54, 1.807) is 12.1 Å². The van der Waals surface area contributed by atoms with Gasteiger partial charge in [-0.15, -0.1) is 0 Å². The number of thiol groups is 2. The summed E-state index contributed by atoms with van der Waals surface area (Å²) >= 11 is 7.33. The average molecular weight is 281 g/mol. The molecule has 1 aromatic rings. The molecule has 14 heavy (non-hydrogen) atoms. The first-order valence-electron chi connectivity index (χ1n) is 3.56. The van der Waals surface area contributed by atoms with Crippen LogP contribution in [0.5, 0.6) is 5.75 Å². The molecule has 0 atom stereocenters. The van der Waals surface area contributed by atoms with Gasteiger partial charge in [0.05, 0.1) is 0 Å². The molecule has 0 heterocycles. The number of hydrogen-bond acceptors (Lipinski definition) is 4. The fraction of sp³-hybridized carbons (Fsp3) is 0.125. The van der Waals surface area contributed by atoms with Crippen molar-refractivity contribution in [3.8, 4) is 5.75 Å². The van der Waals surface area contributed by atoms with E-state index < -0.39 is 6.09 Å². The molecule has 3 nitrogen and oxygen atoms in total. The summed E-state index contributed by atoms with van der Waals surface area (Å²) in [5, 5.41) is 0. The number of rotatable bonds is 1. The summed E-state index contributed by atoms with van der Waals surface area (Å²) in [5.74, 6) is 0.476. The molecule has 1 rings (SSSR count). The summed E-state index contributed by atoms with van der Waals surface area (Å²) in [7, 11) is 0. The fourth-order valence-corrected chi connectivity index (χ4v) is 0.830. The second-order valence-electron chi connectivity index (χ2n) is 2.47. The van der Waals surface area contributed by atoms with Crippen LogP contribution in [0.2, 0.25) is 0 Å². The van der Waals surface area contributed by atoms with Gasteiger partial charge in [0.2, 0.25) is 0 Å². The number of carbonyl (C=O) groups excluding carboxylic acids is 1. The zero-order valence-corrected chi connectivity index (χ0v) is 12.4. The SMILES string of the molecule is Cc1ccc(OC(=O)N(S)S)cc1.[Zn]. The molecule has 0 aliphatic carbocycles. The molecule has 0 unspecified atom stereocenters. The van der Waals surface area contributed by atoms with Crippen molar-refractivity contribution in [2.24, 2.45) is 0 Å². The second-order valence-corrected chi connectivity index (χ2v) is 3.59. The molecule has 0 N–H and O–H groups in total. The van der Waals surface area contributed by atoms with Gasteiger partial charge in [-0.2, -0.15) is 3.71 Å². The molecule has 0 spiro atoms. The van der Waals surface area contributed by atoms with Gasteiger partial charge in [0.15, 0.2) is 0 Å². The Hall–Kier alpha value is -0.187. The molecule has 0 bridgehead atoms. The Morgan fingerprint density at radius 3 is 2.21 bits per heavy atom. The zero-order chi connectivity index (χ0) is 9.84. The number of benzene rings is 1. The topological polar surface area (TPSA) is 29.5 Å². The number of ether oxygens (including phenoxy) is 1. The van der Waals surface area contributed by atoms with Crippen molar-refractivity contribution >= 4 is 31.7 Å². The molecule has 6 heteroatoms. The summed E-state index contributed by atoms with van der Waals surface area (Å²) in [6, 6.07) is 7.12. The molecular formula is C8H9NO2S2Zn. The van der Waals surface area contributed by atoms with Gasteiger partial charge in [-0.05, 0) is 44.7 Å². The van der Waals surface area contributed by atoms with Crippen molar-refractivity contribution in [2.75, 3.05) is 0 Å². The normalized spacial score (nSPS) is 8.79. The second kappa shape index (κ2) is 6.33. The third-order valence-corrected chi connectivity index (χ3v) is 1.72. The minimum atomic E-state index is -0.629. The smallest absolute Gasteiger partial charge is 0.409 e. The third-order valence-electron chi connectivity index (χ3n) is 1.39. The number of hydrogen-bond donors (Lipinski definition) is 2. The first-order valence-corrected chi connectivity index (χ1v) is 4.36. The fourth-order valence-electron chi connectivity index (χ4n) is 0.748. The van der Waals surface area contributed by atoms with E-state index in [1.165, 1.54) is 0 Å². The van der Waals surface area contributed by atoms with Crippen LogP contribution in [0.1, 0.15) is 5.56 Å². The largest absolute Gasteiger partial charge is 0.435 e. The van der Waals surface area contributed by atoms with Crippen LogP contribution >= 0.6 is 25.6 Å². The maximum atomic E-state index is 10.9. The monoisotopic (exact) mass is 279 g/mol. The summed E-state index contributed by atoms with van der Waals surface area (Å²) in [5.41, 5.74) is 1.11. The van der Waals surface area contributed by atoms with Gasteiger partial charge in [0.1, 0.15) is 5.75 Å². The summed E-state index contributed by atoms with van der Waals surface area (Å²) in [6.45, 7) is 1.95. The summed E-state index contributed by atoms with van der Waals surface area (Å²) in [6.07, 6.45) is -0.629. The third kappa shape index (κ3) is 4.35. The number of carbonyl (C=O) groups is 1. The van der Waals surface area contributed by atoms with E-state index in [-0.39, 0.29) is 19.5 Å². The zero-order valence-electron chi connectivity index (χ0n) is 7.67. The van der Waals surface area contributed by atoms with Crippen molar-refractivity contribution in [1.82, 2.24) is 3.71 Å². The van der Waals surface area contributed by atoms with Crippen LogP contribution in [-0.4, -0.2) is 9.80 Å². The van der Waals surface area contributed by atoms with Crippen molar-refractivity contribution < 1.29 is 29.0 Å². The Morgan fingerprint density at radius 1 is 1.29 bits per heavy atom. The van der Waals surface area contributed by atoms with Gasteiger partial charge >= 0.3 is 6.09 Å².